The van der Waals surface area contributed by atoms with E-state index in [9.17, 15) is 4.79 Å². The van der Waals surface area contributed by atoms with E-state index in [1.807, 2.05) is 19.2 Å². The molecule has 5 heteroatoms. The van der Waals surface area contributed by atoms with Crippen LogP contribution in [0.25, 0.3) is 11.3 Å². The first-order chi connectivity index (χ1) is 7.09. The van der Waals surface area contributed by atoms with Crippen molar-refractivity contribution in [3.05, 3.63) is 26.2 Å². The third-order valence-corrected chi connectivity index (χ3v) is 3.68. The van der Waals surface area contributed by atoms with Crippen LogP contribution < -0.4 is 0 Å². The molecule has 0 amide bonds. The summed E-state index contributed by atoms with van der Waals surface area (Å²) in [6, 6.07) is 0. The number of aromatic nitrogens is 1. The van der Waals surface area contributed by atoms with Crippen LogP contribution in [0.5, 0.6) is 0 Å². The number of hydrogen-bond donors (Lipinski definition) is 1. The van der Waals surface area contributed by atoms with Gasteiger partial charge in [0, 0.05) is 21.2 Å². The van der Waals surface area contributed by atoms with E-state index >= 15 is 0 Å². The van der Waals surface area contributed by atoms with Crippen molar-refractivity contribution in [1.29, 1.82) is 0 Å². The minimum absolute atomic E-state index is 0.341. The highest BCUT2D eigenvalue weighted by Gasteiger charge is 2.16. The Kier molecular flexibility index (Phi) is 2.58. The van der Waals surface area contributed by atoms with Gasteiger partial charge in [0.25, 0.3) is 0 Å². The number of thiazole rings is 1. The van der Waals surface area contributed by atoms with Gasteiger partial charge in [0.1, 0.15) is 0 Å². The summed E-state index contributed by atoms with van der Waals surface area (Å²) in [5.74, 6) is -0.892. The third-order valence-electron chi connectivity index (χ3n) is 2.05. The first-order valence-electron chi connectivity index (χ1n) is 4.33. The lowest BCUT2D eigenvalue weighted by Crippen LogP contribution is -1.96. The Morgan fingerprint density at radius 1 is 1.40 bits per heavy atom. The van der Waals surface area contributed by atoms with Crippen LogP contribution in [0.2, 0.25) is 0 Å². The zero-order valence-electron chi connectivity index (χ0n) is 8.27. The van der Waals surface area contributed by atoms with Gasteiger partial charge in [-0.3, -0.25) is 0 Å². The number of aromatic carboxylic acids is 1. The van der Waals surface area contributed by atoms with Crippen LogP contribution in [-0.2, 0) is 0 Å². The molecule has 0 spiro atoms. The minimum atomic E-state index is -0.892. The molecule has 0 aromatic carbocycles. The van der Waals surface area contributed by atoms with Crippen LogP contribution in [0.15, 0.2) is 10.8 Å². The standard InChI is InChI=1S/C10H9NO2S2/c1-5-9(11-6(2)15-5)7-3-14-4-8(7)10(12)13/h3-4H,1-2H3,(H,12,13). The predicted molar refractivity (Wildman–Crippen MR) is 61.9 cm³/mol. The number of carbonyl (C=O) groups is 1. The van der Waals surface area contributed by atoms with Crippen molar-refractivity contribution >= 4 is 28.6 Å². The molecule has 3 nitrogen and oxygen atoms in total. The van der Waals surface area contributed by atoms with Crippen LogP contribution in [-0.4, -0.2) is 16.1 Å². The van der Waals surface area contributed by atoms with Gasteiger partial charge in [-0.25, -0.2) is 9.78 Å². The zero-order valence-corrected chi connectivity index (χ0v) is 9.91. The van der Waals surface area contributed by atoms with Gasteiger partial charge in [0.15, 0.2) is 0 Å². The van der Waals surface area contributed by atoms with Gasteiger partial charge in [-0.15, -0.1) is 11.3 Å². The molecule has 2 rings (SSSR count). The Bertz CT molecular complexity index is 513. The van der Waals surface area contributed by atoms with Gasteiger partial charge >= 0.3 is 5.97 Å². The lowest BCUT2D eigenvalue weighted by atomic mass is 10.1. The van der Waals surface area contributed by atoms with Gasteiger partial charge in [-0.1, -0.05) is 0 Å². The molecule has 2 aromatic rings. The quantitative estimate of drug-likeness (QED) is 0.875. The van der Waals surface area contributed by atoms with E-state index < -0.39 is 5.97 Å². The third kappa shape index (κ3) is 1.80. The maximum absolute atomic E-state index is 11.0. The van der Waals surface area contributed by atoms with Crippen molar-refractivity contribution in [3.8, 4) is 11.3 Å². The number of hydrogen-bond acceptors (Lipinski definition) is 4. The normalized spacial score (nSPS) is 10.5. The highest BCUT2D eigenvalue weighted by molar-refractivity contribution is 7.12. The van der Waals surface area contributed by atoms with E-state index in [4.69, 9.17) is 5.11 Å². The summed E-state index contributed by atoms with van der Waals surface area (Å²) in [5, 5.41) is 13.4. The van der Waals surface area contributed by atoms with E-state index in [-0.39, 0.29) is 0 Å². The summed E-state index contributed by atoms with van der Waals surface area (Å²) in [6.45, 7) is 3.89. The first-order valence-corrected chi connectivity index (χ1v) is 6.09. The number of thiophene rings is 1. The summed E-state index contributed by atoms with van der Waals surface area (Å²) < 4.78 is 0. The van der Waals surface area contributed by atoms with Gasteiger partial charge in [-0.05, 0) is 13.8 Å². The fourth-order valence-electron chi connectivity index (χ4n) is 1.42. The second-order valence-electron chi connectivity index (χ2n) is 3.14. The highest BCUT2D eigenvalue weighted by Crippen LogP contribution is 2.32. The molecule has 0 bridgehead atoms. The maximum atomic E-state index is 11.0. The summed E-state index contributed by atoms with van der Waals surface area (Å²) in [4.78, 5) is 16.4. The lowest BCUT2D eigenvalue weighted by Gasteiger charge is -1.96. The Labute approximate surface area is 95.0 Å². The molecule has 1 N–H and O–H groups in total. The smallest absolute Gasteiger partial charge is 0.337 e. The molecule has 0 radical (unpaired) electrons. The molecule has 0 atom stereocenters. The van der Waals surface area contributed by atoms with Crippen molar-refractivity contribution in [3.63, 3.8) is 0 Å². The molecule has 0 aliphatic carbocycles. The second kappa shape index (κ2) is 3.75. The Morgan fingerprint density at radius 2 is 2.13 bits per heavy atom. The molecule has 0 aliphatic rings. The van der Waals surface area contributed by atoms with Crippen LogP contribution in [0.4, 0.5) is 0 Å². The van der Waals surface area contributed by atoms with Crippen LogP contribution in [0, 0.1) is 13.8 Å². The van der Waals surface area contributed by atoms with Crippen molar-refractivity contribution in [1.82, 2.24) is 4.98 Å². The zero-order chi connectivity index (χ0) is 11.0. The van der Waals surface area contributed by atoms with Crippen LogP contribution in [0.3, 0.4) is 0 Å². The molecule has 78 valence electrons. The summed E-state index contributed by atoms with van der Waals surface area (Å²) in [7, 11) is 0. The first kappa shape index (κ1) is 10.3. The molecule has 0 unspecified atom stereocenters. The predicted octanol–water partition coefficient (Wildman–Crippen LogP) is 3.19. The molecular formula is C10H9NO2S2. The second-order valence-corrected chi connectivity index (χ2v) is 5.29. The largest absolute Gasteiger partial charge is 0.478 e. The fourth-order valence-corrected chi connectivity index (χ4v) is 3.06. The Balaban J connectivity index is 2.58. The molecule has 2 aromatic heterocycles. The van der Waals surface area contributed by atoms with Gasteiger partial charge < -0.3 is 5.11 Å². The average molecular weight is 239 g/mol. The Morgan fingerprint density at radius 3 is 2.67 bits per heavy atom. The van der Waals surface area contributed by atoms with E-state index in [0.29, 0.717) is 5.56 Å². The lowest BCUT2D eigenvalue weighted by molar-refractivity contribution is 0.0698. The molecule has 2 heterocycles. The average Bonchev–Trinajstić information content (AvgIpc) is 2.71. The van der Waals surface area contributed by atoms with Crippen molar-refractivity contribution in [2.75, 3.05) is 0 Å². The van der Waals surface area contributed by atoms with Crippen LogP contribution >= 0.6 is 22.7 Å². The number of rotatable bonds is 2. The van der Waals surface area contributed by atoms with Gasteiger partial charge in [-0.2, -0.15) is 11.3 Å². The van der Waals surface area contributed by atoms with E-state index in [1.165, 1.54) is 11.3 Å². The summed E-state index contributed by atoms with van der Waals surface area (Å²) in [6.07, 6.45) is 0. The number of carboxylic acid groups (broad SMARTS) is 1. The van der Waals surface area contributed by atoms with E-state index in [0.717, 1.165) is 21.1 Å². The minimum Gasteiger partial charge on any atom is -0.478 e. The molecular weight excluding hydrogens is 230 g/mol. The number of nitrogens with zero attached hydrogens (tertiary/aromatic N) is 1. The monoisotopic (exact) mass is 239 g/mol. The van der Waals surface area contributed by atoms with Crippen molar-refractivity contribution in [2.24, 2.45) is 0 Å². The molecule has 0 saturated carbocycles. The summed E-state index contributed by atoms with van der Waals surface area (Å²) in [5.41, 5.74) is 1.87. The molecule has 0 aliphatic heterocycles. The van der Waals surface area contributed by atoms with Gasteiger partial charge in [0.2, 0.25) is 0 Å². The number of carboxylic acids is 1. The van der Waals surface area contributed by atoms with E-state index in [1.54, 1.807) is 16.7 Å². The molecule has 0 fully saturated rings. The molecule has 15 heavy (non-hydrogen) atoms. The highest BCUT2D eigenvalue weighted by atomic mass is 32.1. The van der Waals surface area contributed by atoms with E-state index in [2.05, 4.69) is 4.98 Å². The van der Waals surface area contributed by atoms with Crippen LogP contribution in [0.1, 0.15) is 20.2 Å². The maximum Gasteiger partial charge on any atom is 0.337 e. The fraction of sp³-hybridized carbons (Fsp3) is 0.200. The van der Waals surface area contributed by atoms with Gasteiger partial charge in [0.05, 0.1) is 16.3 Å². The SMILES string of the molecule is Cc1nc(-c2cscc2C(=O)O)c(C)s1. The molecule has 0 saturated heterocycles. The summed E-state index contributed by atoms with van der Waals surface area (Å²) >= 11 is 2.98. The van der Waals surface area contributed by atoms with Crippen molar-refractivity contribution in [2.45, 2.75) is 13.8 Å². The number of aryl methyl sites for hydroxylation is 2. The Hall–Kier alpha value is -1.20. The van der Waals surface area contributed by atoms with Crippen molar-refractivity contribution < 1.29 is 9.90 Å². The topological polar surface area (TPSA) is 50.2 Å².